The van der Waals surface area contributed by atoms with E-state index in [9.17, 15) is 35.6 Å². The first-order valence-corrected chi connectivity index (χ1v) is 17.3. The van der Waals surface area contributed by atoms with Crippen LogP contribution >= 0.6 is 0 Å². The number of allylic oxidation sites excluding steroid dienone is 4. The van der Waals surface area contributed by atoms with E-state index in [0.717, 1.165) is 31.3 Å². The van der Waals surface area contributed by atoms with Crippen molar-refractivity contribution >= 4 is 5.78 Å². The zero-order valence-electron chi connectivity index (χ0n) is 29.0. The summed E-state index contributed by atoms with van der Waals surface area (Å²) in [6.45, 7) is 16.5. The van der Waals surface area contributed by atoms with Crippen LogP contribution in [0.2, 0.25) is 0 Å². The standard InChI is InChI=1S/C37H57NO8/c1-20(2)10-9-13-37(8,46-32-30(43)29(42)28(41)24(19-39)45-32)22-11-14-36(7)27(22)23(40)16-26-34(5)17-21(18-38)31(44)33(3,4)25(34)12-15-35(26,36)6/h10,22,24-30,32,39,41-44H,9,11-17,19H2,1-8H3/t22?,24?,25?,26?,27?,28-,29?,30-,32+,34+,35-,36-,37+/m1/s1. The fourth-order valence-corrected chi connectivity index (χ4v) is 11.4. The smallest absolute Gasteiger partial charge is 0.187 e. The third-order valence-electron chi connectivity index (χ3n) is 14.1. The van der Waals surface area contributed by atoms with Gasteiger partial charge < -0.3 is 35.0 Å². The van der Waals surface area contributed by atoms with Crippen molar-refractivity contribution in [1.29, 1.82) is 5.26 Å². The minimum Gasteiger partial charge on any atom is -0.511 e. The summed E-state index contributed by atoms with van der Waals surface area (Å²) in [5.74, 6) is 0.106. The molecule has 1 heterocycles. The Labute approximate surface area is 274 Å². The summed E-state index contributed by atoms with van der Waals surface area (Å²) in [4.78, 5) is 14.7. The van der Waals surface area contributed by atoms with Crippen molar-refractivity contribution in [3.05, 3.63) is 23.0 Å². The number of fused-ring (bicyclic) bond motifs is 5. The second-order valence-electron chi connectivity index (χ2n) is 17.1. The monoisotopic (exact) mass is 643 g/mol. The van der Waals surface area contributed by atoms with Gasteiger partial charge in [-0.05, 0) is 99.7 Å². The summed E-state index contributed by atoms with van der Waals surface area (Å²) >= 11 is 0. The fraction of sp³-hybridized carbons (Fsp3) is 0.838. The second-order valence-corrected chi connectivity index (χ2v) is 17.1. The van der Waals surface area contributed by atoms with Gasteiger partial charge in [0.25, 0.3) is 0 Å². The van der Waals surface area contributed by atoms with Crippen LogP contribution in [0.25, 0.3) is 0 Å². The van der Waals surface area contributed by atoms with E-state index in [1.807, 2.05) is 34.6 Å². The van der Waals surface area contributed by atoms with Gasteiger partial charge in [0, 0.05) is 17.8 Å². The van der Waals surface area contributed by atoms with E-state index in [2.05, 4.69) is 32.9 Å². The van der Waals surface area contributed by atoms with Gasteiger partial charge in [-0.15, -0.1) is 0 Å². The lowest BCUT2D eigenvalue weighted by atomic mass is 9.35. The molecule has 5 aliphatic rings. The first-order chi connectivity index (χ1) is 21.3. The van der Waals surface area contributed by atoms with Gasteiger partial charge in [0.15, 0.2) is 6.29 Å². The maximum absolute atomic E-state index is 14.7. The lowest BCUT2D eigenvalue weighted by molar-refractivity contribution is -0.333. The molecule has 0 aromatic rings. The Balaban J connectivity index is 1.52. The topological polar surface area (TPSA) is 160 Å². The highest BCUT2D eigenvalue weighted by Gasteiger charge is 2.72. The molecular formula is C37H57NO8. The van der Waals surface area contributed by atoms with Gasteiger partial charge in [0.2, 0.25) is 0 Å². The van der Waals surface area contributed by atoms with E-state index in [4.69, 9.17) is 9.47 Å². The highest BCUT2D eigenvalue weighted by Crippen LogP contribution is 2.75. The molecule has 258 valence electrons. The second kappa shape index (κ2) is 12.0. The zero-order valence-corrected chi connectivity index (χ0v) is 29.0. The molecule has 0 aromatic heterocycles. The number of Topliss-reactive ketones (excluding diaryl/α,β-unsaturated/α-hetero) is 1. The molecule has 46 heavy (non-hydrogen) atoms. The van der Waals surface area contributed by atoms with E-state index >= 15 is 0 Å². The molecule has 0 radical (unpaired) electrons. The Morgan fingerprint density at radius 3 is 2.30 bits per heavy atom. The quantitative estimate of drug-likeness (QED) is 0.237. The Morgan fingerprint density at radius 1 is 1.04 bits per heavy atom. The van der Waals surface area contributed by atoms with Crippen LogP contribution < -0.4 is 0 Å². The van der Waals surface area contributed by atoms with Crippen LogP contribution in [-0.2, 0) is 14.3 Å². The number of ketones is 1. The van der Waals surface area contributed by atoms with Crippen molar-refractivity contribution in [3.63, 3.8) is 0 Å². The summed E-state index contributed by atoms with van der Waals surface area (Å²) in [6.07, 6.45) is 0.712. The number of nitriles is 1. The maximum atomic E-state index is 14.7. The number of rotatable bonds is 7. The molecule has 9 nitrogen and oxygen atoms in total. The first kappa shape index (κ1) is 35.5. The number of hydrogen-bond donors (Lipinski definition) is 5. The summed E-state index contributed by atoms with van der Waals surface area (Å²) in [5.41, 5.74) is -0.737. The van der Waals surface area contributed by atoms with Gasteiger partial charge in [-0.1, -0.05) is 46.3 Å². The van der Waals surface area contributed by atoms with E-state index in [0.29, 0.717) is 31.3 Å². The predicted octanol–water partition coefficient (Wildman–Crippen LogP) is 5.12. The highest BCUT2D eigenvalue weighted by atomic mass is 16.7. The first-order valence-electron chi connectivity index (χ1n) is 17.3. The third kappa shape index (κ3) is 5.13. The molecule has 13 atom stereocenters. The number of aliphatic hydroxyl groups excluding tert-OH is 5. The molecule has 1 saturated heterocycles. The maximum Gasteiger partial charge on any atom is 0.187 e. The van der Waals surface area contributed by atoms with E-state index < -0.39 is 48.3 Å². The van der Waals surface area contributed by atoms with Crippen LogP contribution in [-0.4, -0.2) is 74.2 Å². The van der Waals surface area contributed by atoms with Crippen LogP contribution in [0.5, 0.6) is 0 Å². The number of carbonyl (C=O) groups excluding carboxylic acids is 1. The molecule has 0 amide bonds. The van der Waals surface area contributed by atoms with Crippen LogP contribution in [0, 0.1) is 56.7 Å². The molecule has 0 spiro atoms. The van der Waals surface area contributed by atoms with Gasteiger partial charge >= 0.3 is 0 Å². The zero-order chi connectivity index (χ0) is 34.2. The Morgan fingerprint density at radius 2 is 1.70 bits per heavy atom. The van der Waals surface area contributed by atoms with Gasteiger partial charge in [0.1, 0.15) is 36.0 Å². The Kier molecular flexibility index (Phi) is 9.23. The summed E-state index contributed by atoms with van der Waals surface area (Å²) in [5, 5.41) is 62.9. The molecule has 4 fully saturated rings. The molecular weight excluding hydrogens is 586 g/mol. The van der Waals surface area contributed by atoms with Gasteiger partial charge in [-0.25, -0.2) is 0 Å². The van der Waals surface area contributed by atoms with Crippen LogP contribution in [0.1, 0.15) is 107 Å². The molecule has 6 unspecified atom stereocenters. The average molecular weight is 644 g/mol. The third-order valence-corrected chi connectivity index (χ3v) is 14.1. The number of ether oxygens (including phenoxy) is 2. The average Bonchev–Trinajstić information content (AvgIpc) is 3.37. The minimum absolute atomic E-state index is 0.0465. The summed E-state index contributed by atoms with van der Waals surface area (Å²) in [6, 6.07) is 2.29. The van der Waals surface area contributed by atoms with Gasteiger partial charge in [0.05, 0.1) is 23.9 Å². The lowest BCUT2D eigenvalue weighted by Crippen LogP contribution is -2.65. The number of carbonyl (C=O) groups is 1. The molecule has 3 saturated carbocycles. The molecule has 0 aromatic carbocycles. The Bertz CT molecular complexity index is 1310. The molecule has 4 aliphatic carbocycles. The van der Waals surface area contributed by atoms with Crippen molar-refractivity contribution in [2.75, 3.05) is 6.61 Å². The van der Waals surface area contributed by atoms with E-state index in [1.54, 1.807) is 0 Å². The molecule has 5 rings (SSSR count). The molecule has 5 N–H and O–H groups in total. The van der Waals surface area contributed by atoms with E-state index in [-0.39, 0.29) is 51.5 Å². The summed E-state index contributed by atoms with van der Waals surface area (Å²) < 4.78 is 12.5. The SMILES string of the molecule is CC(C)=CCC[C@](C)(O[C@@H]1OC(CO)[C@@H](O)C(O)[C@H]1O)C1CC[C@]2(C)C1C(=O)CC1[C@@]3(C)CC(C#N)=C(O)C(C)(C)C3CC[C@]12C. The lowest BCUT2D eigenvalue weighted by Gasteiger charge is -2.68. The summed E-state index contributed by atoms with van der Waals surface area (Å²) in [7, 11) is 0. The van der Waals surface area contributed by atoms with Crippen molar-refractivity contribution in [2.45, 2.75) is 143 Å². The van der Waals surface area contributed by atoms with Gasteiger partial charge in [-0.3, -0.25) is 4.79 Å². The molecule has 9 heteroatoms. The van der Waals surface area contributed by atoms with Crippen molar-refractivity contribution in [3.8, 4) is 6.07 Å². The predicted molar refractivity (Wildman–Crippen MR) is 172 cm³/mol. The largest absolute Gasteiger partial charge is 0.511 e. The van der Waals surface area contributed by atoms with Gasteiger partial charge in [-0.2, -0.15) is 5.26 Å². The normalized spacial score (nSPS) is 46.4. The molecule has 0 bridgehead atoms. The number of nitrogens with zero attached hydrogens (tertiary/aromatic N) is 1. The number of hydrogen-bond acceptors (Lipinski definition) is 9. The van der Waals surface area contributed by atoms with Crippen LogP contribution in [0.15, 0.2) is 23.0 Å². The highest BCUT2D eigenvalue weighted by molar-refractivity contribution is 5.84. The minimum atomic E-state index is -1.55. The van der Waals surface area contributed by atoms with E-state index in [1.165, 1.54) is 0 Å². The molecule has 1 aliphatic heterocycles. The van der Waals surface area contributed by atoms with Crippen molar-refractivity contribution in [2.24, 2.45) is 45.3 Å². The number of aliphatic hydroxyl groups is 5. The Hall–Kier alpha value is -1.80. The van der Waals surface area contributed by atoms with Crippen LogP contribution in [0.4, 0.5) is 0 Å². The fourth-order valence-electron chi connectivity index (χ4n) is 11.4. The van der Waals surface area contributed by atoms with Crippen molar-refractivity contribution in [1.82, 2.24) is 0 Å². The van der Waals surface area contributed by atoms with Crippen molar-refractivity contribution < 1.29 is 39.8 Å². The van der Waals surface area contributed by atoms with Crippen LogP contribution in [0.3, 0.4) is 0 Å².